The zero-order valence-electron chi connectivity index (χ0n) is 2.57. The van der Waals surface area contributed by atoms with Crippen LogP contribution in [-0.4, -0.2) is 6.61 Å². The van der Waals surface area contributed by atoms with Crippen molar-refractivity contribution >= 4 is 11.9 Å². The van der Waals surface area contributed by atoms with E-state index in [9.17, 15) is 0 Å². The summed E-state index contributed by atoms with van der Waals surface area (Å²) in [6.07, 6.45) is 4.68. The zero-order valence-corrected chi connectivity index (χ0v) is 3.33. The summed E-state index contributed by atoms with van der Waals surface area (Å²) in [6.45, 7) is 0.182. The van der Waals surface area contributed by atoms with Gasteiger partial charge in [-0.15, -0.1) is 6.42 Å². The van der Waals surface area contributed by atoms with Crippen molar-refractivity contribution in [2.75, 3.05) is 6.61 Å². The van der Waals surface area contributed by atoms with Crippen molar-refractivity contribution in [2.45, 2.75) is 0 Å². The molecule has 0 heterocycles. The summed E-state index contributed by atoms with van der Waals surface area (Å²) in [5.41, 5.74) is 0. The van der Waals surface area contributed by atoms with Gasteiger partial charge in [-0.05, 0) is 0 Å². The van der Waals surface area contributed by atoms with E-state index in [1.165, 1.54) is 0 Å². The Morgan fingerprint density at radius 1 is 2.00 bits per heavy atom. The van der Waals surface area contributed by atoms with Gasteiger partial charge in [0, 0.05) is 0 Å². The Hall–Kier alpha value is -0.190. The molecular formula is C3H3ClO. The zero-order chi connectivity index (χ0) is 4.12. The molecule has 0 radical (unpaired) electrons. The van der Waals surface area contributed by atoms with E-state index in [0.717, 1.165) is 0 Å². The van der Waals surface area contributed by atoms with Gasteiger partial charge in [0.2, 0.25) is 0 Å². The average Bonchev–Trinajstić information content (AvgIpc) is 1.41. The van der Waals surface area contributed by atoms with E-state index in [1.807, 2.05) is 0 Å². The molecule has 0 rings (SSSR count). The van der Waals surface area contributed by atoms with Crippen LogP contribution in [0.2, 0.25) is 0 Å². The Labute approximate surface area is 36.1 Å². The lowest BCUT2D eigenvalue weighted by molar-refractivity contribution is 0.413. The molecule has 0 saturated heterocycles. The fourth-order valence-electron chi connectivity index (χ4n) is 0.0315. The molecule has 0 spiro atoms. The monoisotopic (exact) mass is 90.0 g/mol. The first-order chi connectivity index (χ1) is 2.41. The maximum atomic E-state index is 4.68. The summed E-state index contributed by atoms with van der Waals surface area (Å²) in [4.78, 5) is 0. The van der Waals surface area contributed by atoms with Crippen LogP contribution in [0, 0.1) is 12.3 Å². The van der Waals surface area contributed by atoms with Gasteiger partial charge >= 0.3 is 0 Å². The molecule has 1 nitrogen and oxygen atoms in total. The van der Waals surface area contributed by atoms with Crippen LogP contribution in [-0.2, 0) is 4.29 Å². The van der Waals surface area contributed by atoms with Gasteiger partial charge in [-0.25, -0.2) is 0 Å². The Morgan fingerprint density at radius 3 is 2.60 bits per heavy atom. The van der Waals surface area contributed by atoms with Crippen LogP contribution in [0.3, 0.4) is 0 Å². The highest BCUT2D eigenvalue weighted by atomic mass is 35.5. The number of rotatable bonds is 1. The SMILES string of the molecule is C#CCOCl. The van der Waals surface area contributed by atoms with E-state index in [4.69, 9.17) is 0 Å². The maximum absolute atomic E-state index is 4.68. The van der Waals surface area contributed by atoms with Gasteiger partial charge in [-0.1, -0.05) is 5.92 Å². The molecule has 5 heavy (non-hydrogen) atoms. The van der Waals surface area contributed by atoms with Crippen molar-refractivity contribution in [3.63, 3.8) is 0 Å². The van der Waals surface area contributed by atoms with Gasteiger partial charge in [0.15, 0.2) is 0 Å². The van der Waals surface area contributed by atoms with Crippen LogP contribution < -0.4 is 0 Å². The second kappa shape index (κ2) is 3.81. The predicted molar refractivity (Wildman–Crippen MR) is 20.6 cm³/mol. The third kappa shape index (κ3) is 3.81. The second-order valence-electron chi connectivity index (χ2n) is 0.458. The van der Waals surface area contributed by atoms with Crippen LogP contribution in [0.1, 0.15) is 0 Å². The molecule has 0 atom stereocenters. The van der Waals surface area contributed by atoms with Gasteiger partial charge in [0.05, 0.1) is 11.9 Å². The number of terminal acetylenes is 1. The molecule has 0 fully saturated rings. The topological polar surface area (TPSA) is 9.23 Å². The molecule has 0 aromatic heterocycles. The van der Waals surface area contributed by atoms with Crippen molar-refractivity contribution in [3.8, 4) is 12.3 Å². The molecule has 0 bridgehead atoms. The minimum atomic E-state index is 0.182. The molecule has 0 saturated carbocycles. The van der Waals surface area contributed by atoms with E-state index in [1.54, 1.807) is 0 Å². The first kappa shape index (κ1) is 4.81. The van der Waals surface area contributed by atoms with Crippen molar-refractivity contribution in [1.29, 1.82) is 0 Å². The van der Waals surface area contributed by atoms with E-state index in [-0.39, 0.29) is 6.61 Å². The van der Waals surface area contributed by atoms with Gasteiger partial charge in [-0.3, -0.25) is 4.29 Å². The highest BCUT2D eigenvalue weighted by Gasteiger charge is 1.61. The first-order valence-electron chi connectivity index (χ1n) is 1.09. The van der Waals surface area contributed by atoms with Crippen molar-refractivity contribution in [3.05, 3.63) is 0 Å². The van der Waals surface area contributed by atoms with Gasteiger partial charge in [0.1, 0.15) is 6.61 Å². The lowest BCUT2D eigenvalue weighted by atomic mass is 10.8. The number of hydrogen-bond acceptors (Lipinski definition) is 1. The van der Waals surface area contributed by atoms with Crippen LogP contribution >= 0.6 is 11.9 Å². The maximum Gasteiger partial charge on any atom is 0.128 e. The van der Waals surface area contributed by atoms with Crippen molar-refractivity contribution in [2.24, 2.45) is 0 Å². The largest absolute Gasteiger partial charge is 0.266 e. The summed E-state index contributed by atoms with van der Waals surface area (Å²) in [5, 5.41) is 0. The van der Waals surface area contributed by atoms with E-state index in [0.29, 0.717) is 0 Å². The van der Waals surface area contributed by atoms with Crippen LogP contribution in [0.15, 0.2) is 0 Å². The third-order valence-electron chi connectivity index (χ3n) is 0.138. The standard InChI is InChI=1S/C3H3ClO/c1-2-3-5-4/h1H,3H2. The van der Waals surface area contributed by atoms with Gasteiger partial charge in [0.25, 0.3) is 0 Å². The van der Waals surface area contributed by atoms with Crippen molar-refractivity contribution in [1.82, 2.24) is 0 Å². The summed E-state index contributed by atoms with van der Waals surface area (Å²) >= 11 is 4.66. The molecule has 2 heteroatoms. The summed E-state index contributed by atoms with van der Waals surface area (Å²) < 4.78 is 3.93. The molecule has 0 aromatic carbocycles. The minimum Gasteiger partial charge on any atom is -0.266 e. The summed E-state index contributed by atoms with van der Waals surface area (Å²) in [5.74, 6) is 2.16. The molecule has 0 aliphatic carbocycles. The summed E-state index contributed by atoms with van der Waals surface area (Å²) in [7, 11) is 0. The fourth-order valence-corrected chi connectivity index (χ4v) is 0.0945. The third-order valence-corrected chi connectivity index (χ3v) is 0.247. The second-order valence-corrected chi connectivity index (χ2v) is 0.676. The molecule has 0 aliphatic heterocycles. The smallest absolute Gasteiger partial charge is 0.128 e. The van der Waals surface area contributed by atoms with E-state index in [2.05, 4.69) is 28.5 Å². The average molecular weight is 90.5 g/mol. The van der Waals surface area contributed by atoms with Crippen molar-refractivity contribution < 1.29 is 4.29 Å². The fraction of sp³-hybridized carbons (Fsp3) is 0.333. The number of hydrogen-bond donors (Lipinski definition) is 0. The Morgan fingerprint density at radius 2 is 2.60 bits per heavy atom. The quantitative estimate of drug-likeness (QED) is 0.433. The Kier molecular flexibility index (Phi) is 3.67. The predicted octanol–water partition coefficient (Wildman–Crippen LogP) is 0.790. The van der Waals surface area contributed by atoms with Gasteiger partial charge in [-0.2, -0.15) is 0 Å². The molecule has 28 valence electrons. The summed E-state index contributed by atoms with van der Waals surface area (Å²) in [6, 6.07) is 0. The van der Waals surface area contributed by atoms with Gasteiger partial charge < -0.3 is 0 Å². The Balaban J connectivity index is 2.48. The minimum absolute atomic E-state index is 0.182. The highest BCUT2D eigenvalue weighted by molar-refractivity contribution is 6.07. The lowest BCUT2D eigenvalue weighted by Gasteiger charge is -1.71. The molecule has 0 aliphatic rings. The number of halogens is 1. The van der Waals surface area contributed by atoms with Crippen LogP contribution in [0.25, 0.3) is 0 Å². The first-order valence-corrected chi connectivity index (χ1v) is 1.39. The van der Waals surface area contributed by atoms with E-state index < -0.39 is 0 Å². The highest BCUT2D eigenvalue weighted by Crippen LogP contribution is 1.71. The van der Waals surface area contributed by atoms with Crippen LogP contribution in [0.4, 0.5) is 0 Å². The molecule has 0 N–H and O–H groups in total. The molecule has 0 amide bonds. The van der Waals surface area contributed by atoms with E-state index >= 15 is 0 Å². The Bertz CT molecular complexity index is 45.3. The van der Waals surface area contributed by atoms with Crippen LogP contribution in [0.5, 0.6) is 0 Å². The molecule has 0 unspecified atom stereocenters. The molecular weight excluding hydrogens is 87.5 g/mol. The molecule has 0 aromatic rings. The normalized spacial score (nSPS) is 6.40. The lowest BCUT2D eigenvalue weighted by Crippen LogP contribution is -1.70.